The van der Waals surface area contributed by atoms with E-state index in [0.717, 1.165) is 5.56 Å². The topological polar surface area (TPSA) is 66.2 Å². The molecule has 1 aromatic rings. The third-order valence-electron chi connectivity index (χ3n) is 1.36. The van der Waals surface area contributed by atoms with E-state index in [1.165, 1.54) is 6.08 Å². The van der Waals surface area contributed by atoms with Gasteiger partial charge in [0.15, 0.2) is 0 Å². The lowest BCUT2D eigenvalue weighted by Crippen LogP contribution is -2.28. The first-order valence-corrected chi connectivity index (χ1v) is 3.43. The summed E-state index contributed by atoms with van der Waals surface area (Å²) in [5.41, 5.74) is 5.63. The van der Waals surface area contributed by atoms with Crippen molar-refractivity contribution in [2.75, 3.05) is 0 Å². The molecule has 0 unspecified atom stereocenters. The standard InChI is InChI=1S/C9H9NO2/c10-8(9(11)12)6-7-4-2-1-3-5-7/h1-6H,10H2,(H,11,12)/p-1. The predicted octanol–water partition coefficient (Wildman–Crippen LogP) is -0.264. The quantitative estimate of drug-likeness (QED) is 0.609. The summed E-state index contributed by atoms with van der Waals surface area (Å²) in [5, 5.41) is 10.2. The number of benzene rings is 1. The lowest BCUT2D eigenvalue weighted by molar-refractivity contribution is -0.299. The summed E-state index contributed by atoms with van der Waals surface area (Å²) in [6.45, 7) is 0. The highest BCUT2D eigenvalue weighted by Gasteiger charge is 1.90. The molecule has 0 radical (unpaired) electrons. The second-order valence-corrected chi connectivity index (χ2v) is 2.30. The van der Waals surface area contributed by atoms with Gasteiger partial charge in [-0.1, -0.05) is 30.3 Å². The average Bonchev–Trinajstić information content (AvgIpc) is 2.06. The van der Waals surface area contributed by atoms with Crippen LogP contribution in [-0.4, -0.2) is 5.97 Å². The molecule has 2 N–H and O–H groups in total. The number of carboxylic acid groups (broad SMARTS) is 1. The summed E-state index contributed by atoms with van der Waals surface area (Å²) in [6, 6.07) is 8.96. The third-order valence-corrected chi connectivity index (χ3v) is 1.36. The van der Waals surface area contributed by atoms with Crippen molar-refractivity contribution < 1.29 is 9.90 Å². The van der Waals surface area contributed by atoms with Gasteiger partial charge in [0.1, 0.15) is 0 Å². The Morgan fingerprint density at radius 3 is 2.42 bits per heavy atom. The maximum Gasteiger partial charge on any atom is 0.0872 e. The van der Waals surface area contributed by atoms with Crippen LogP contribution in [0.4, 0.5) is 0 Å². The summed E-state index contributed by atoms with van der Waals surface area (Å²) < 4.78 is 0. The molecular formula is C9H8NO2-. The highest BCUT2D eigenvalue weighted by Crippen LogP contribution is 2.02. The van der Waals surface area contributed by atoms with E-state index in [2.05, 4.69) is 0 Å². The van der Waals surface area contributed by atoms with E-state index in [9.17, 15) is 9.90 Å². The van der Waals surface area contributed by atoms with Crippen LogP contribution in [0.15, 0.2) is 36.0 Å². The van der Waals surface area contributed by atoms with Gasteiger partial charge < -0.3 is 15.6 Å². The second kappa shape index (κ2) is 3.57. The van der Waals surface area contributed by atoms with Crippen LogP contribution in [0, 0.1) is 0 Å². The van der Waals surface area contributed by atoms with Crippen molar-refractivity contribution in [1.29, 1.82) is 0 Å². The molecule has 12 heavy (non-hydrogen) atoms. The van der Waals surface area contributed by atoms with Crippen LogP contribution in [0.5, 0.6) is 0 Å². The highest BCUT2D eigenvalue weighted by molar-refractivity contribution is 5.89. The fraction of sp³-hybridized carbons (Fsp3) is 0. The minimum absolute atomic E-state index is 0.263. The van der Waals surface area contributed by atoms with Crippen molar-refractivity contribution in [3.8, 4) is 0 Å². The molecule has 1 aromatic carbocycles. The molecule has 0 saturated heterocycles. The summed E-state index contributed by atoms with van der Waals surface area (Å²) in [4.78, 5) is 10.2. The molecule has 3 heteroatoms. The van der Waals surface area contributed by atoms with E-state index in [1.807, 2.05) is 6.07 Å². The Morgan fingerprint density at radius 2 is 1.92 bits per heavy atom. The molecule has 0 aliphatic rings. The van der Waals surface area contributed by atoms with E-state index in [-0.39, 0.29) is 5.70 Å². The van der Waals surface area contributed by atoms with E-state index in [4.69, 9.17) is 5.73 Å². The zero-order valence-electron chi connectivity index (χ0n) is 6.36. The Hall–Kier alpha value is -1.77. The van der Waals surface area contributed by atoms with Gasteiger partial charge in [0.2, 0.25) is 0 Å². The smallest absolute Gasteiger partial charge is 0.0872 e. The average molecular weight is 162 g/mol. The summed E-state index contributed by atoms with van der Waals surface area (Å²) in [7, 11) is 0. The van der Waals surface area contributed by atoms with E-state index < -0.39 is 5.97 Å². The maximum atomic E-state index is 10.2. The Labute approximate surface area is 70.1 Å². The van der Waals surface area contributed by atoms with Gasteiger partial charge in [0, 0.05) is 0 Å². The Morgan fingerprint density at radius 1 is 1.33 bits per heavy atom. The van der Waals surface area contributed by atoms with Gasteiger partial charge in [-0.3, -0.25) is 0 Å². The van der Waals surface area contributed by atoms with Crippen molar-refractivity contribution in [2.24, 2.45) is 5.73 Å². The molecule has 3 nitrogen and oxygen atoms in total. The highest BCUT2D eigenvalue weighted by atomic mass is 16.4. The summed E-state index contributed by atoms with van der Waals surface area (Å²) in [5.74, 6) is -1.35. The van der Waals surface area contributed by atoms with Crippen LogP contribution in [0.2, 0.25) is 0 Å². The number of hydrogen-bond acceptors (Lipinski definition) is 3. The van der Waals surface area contributed by atoms with Crippen LogP contribution in [0.25, 0.3) is 6.08 Å². The second-order valence-electron chi connectivity index (χ2n) is 2.30. The maximum absolute atomic E-state index is 10.2. The number of carboxylic acids is 1. The minimum atomic E-state index is -1.35. The van der Waals surface area contributed by atoms with E-state index >= 15 is 0 Å². The fourth-order valence-electron chi connectivity index (χ4n) is 0.788. The molecule has 0 amide bonds. The van der Waals surface area contributed by atoms with Crippen molar-refractivity contribution in [3.63, 3.8) is 0 Å². The normalized spacial score (nSPS) is 11.2. The first-order chi connectivity index (χ1) is 5.70. The molecule has 62 valence electrons. The lowest BCUT2D eigenvalue weighted by atomic mass is 10.2. The molecule has 1 rings (SSSR count). The molecule has 0 aliphatic carbocycles. The Kier molecular flexibility index (Phi) is 2.48. The van der Waals surface area contributed by atoms with Crippen molar-refractivity contribution in [3.05, 3.63) is 41.6 Å². The van der Waals surface area contributed by atoms with Gasteiger partial charge in [0.05, 0.1) is 11.7 Å². The first-order valence-electron chi connectivity index (χ1n) is 3.43. The molecule has 0 spiro atoms. The van der Waals surface area contributed by atoms with Gasteiger partial charge in [-0.05, 0) is 11.6 Å². The van der Waals surface area contributed by atoms with Crippen LogP contribution >= 0.6 is 0 Å². The van der Waals surface area contributed by atoms with Crippen LogP contribution in [0.3, 0.4) is 0 Å². The zero-order chi connectivity index (χ0) is 8.97. The van der Waals surface area contributed by atoms with Gasteiger partial charge in [0.25, 0.3) is 0 Å². The summed E-state index contributed by atoms with van der Waals surface area (Å²) in [6.07, 6.45) is 1.36. The number of carbonyl (C=O) groups is 1. The molecule has 0 atom stereocenters. The number of hydrogen-bond donors (Lipinski definition) is 1. The van der Waals surface area contributed by atoms with Crippen molar-refractivity contribution in [1.82, 2.24) is 0 Å². The molecule has 0 aromatic heterocycles. The van der Waals surface area contributed by atoms with Gasteiger partial charge in [-0.2, -0.15) is 0 Å². The lowest BCUT2D eigenvalue weighted by Gasteiger charge is -2.00. The van der Waals surface area contributed by atoms with Gasteiger partial charge in [-0.25, -0.2) is 0 Å². The largest absolute Gasteiger partial charge is 0.543 e. The van der Waals surface area contributed by atoms with Crippen LogP contribution in [0.1, 0.15) is 5.56 Å². The molecule has 0 heterocycles. The van der Waals surface area contributed by atoms with Gasteiger partial charge >= 0.3 is 0 Å². The molecular weight excluding hydrogens is 154 g/mol. The van der Waals surface area contributed by atoms with Crippen molar-refractivity contribution >= 4 is 12.0 Å². The molecule has 0 fully saturated rings. The van der Waals surface area contributed by atoms with Crippen LogP contribution < -0.4 is 10.8 Å². The number of nitrogens with two attached hydrogens (primary N) is 1. The minimum Gasteiger partial charge on any atom is -0.543 e. The number of carbonyl (C=O) groups excluding carboxylic acids is 1. The van der Waals surface area contributed by atoms with E-state index in [0.29, 0.717) is 0 Å². The SMILES string of the molecule is NC(=Cc1ccccc1)C(=O)[O-]. The molecule has 0 aliphatic heterocycles. The third kappa shape index (κ3) is 2.12. The predicted molar refractivity (Wildman–Crippen MR) is 43.6 cm³/mol. The Bertz CT molecular complexity index is 304. The number of rotatable bonds is 2. The van der Waals surface area contributed by atoms with Crippen LogP contribution in [-0.2, 0) is 4.79 Å². The van der Waals surface area contributed by atoms with Crippen molar-refractivity contribution in [2.45, 2.75) is 0 Å². The zero-order valence-corrected chi connectivity index (χ0v) is 6.36. The van der Waals surface area contributed by atoms with Gasteiger partial charge in [-0.15, -0.1) is 0 Å². The first kappa shape index (κ1) is 8.33. The molecule has 0 bridgehead atoms. The molecule has 0 saturated carbocycles. The number of aliphatic carboxylic acids is 1. The Balaban J connectivity index is 2.89. The van der Waals surface area contributed by atoms with E-state index in [1.54, 1.807) is 24.3 Å². The summed E-state index contributed by atoms with van der Waals surface area (Å²) >= 11 is 0. The monoisotopic (exact) mass is 162 g/mol. The fourth-order valence-corrected chi connectivity index (χ4v) is 0.788.